The van der Waals surface area contributed by atoms with E-state index in [0.29, 0.717) is 0 Å². The number of benzene rings is 2. The fraction of sp³-hybridized carbons (Fsp3) is 0.111. The number of hydrogen-bond donors (Lipinski definition) is 1. The highest BCUT2D eigenvalue weighted by Gasteiger charge is 2.33. The van der Waals surface area contributed by atoms with Crippen LogP contribution in [0.25, 0.3) is 16.7 Å². The van der Waals surface area contributed by atoms with E-state index in [-0.39, 0.29) is 0 Å². The molecule has 1 aliphatic heterocycles. The molecule has 0 saturated carbocycles. The molecule has 0 unspecified atom stereocenters. The summed E-state index contributed by atoms with van der Waals surface area (Å²) in [5.74, 6) is 0. The number of hydrogen-bond acceptors (Lipinski definition) is 4. The van der Waals surface area contributed by atoms with Crippen molar-refractivity contribution < 1.29 is 5.11 Å². The van der Waals surface area contributed by atoms with Gasteiger partial charge in [-0.2, -0.15) is 5.10 Å². The van der Waals surface area contributed by atoms with E-state index >= 15 is 0 Å². The smallest absolute Gasteiger partial charge is 0.177 e. The summed E-state index contributed by atoms with van der Waals surface area (Å²) in [7, 11) is 0. The third kappa shape index (κ3) is 1.81. The fourth-order valence-electron chi connectivity index (χ4n) is 3.20. The molecule has 118 valence electrons. The van der Waals surface area contributed by atoms with Crippen LogP contribution < -0.4 is 0 Å². The Balaban J connectivity index is 1.75. The van der Waals surface area contributed by atoms with E-state index in [0.717, 1.165) is 38.2 Å². The molecule has 0 spiro atoms. The number of imidazole rings is 1. The van der Waals surface area contributed by atoms with Gasteiger partial charge in [-0.25, -0.2) is 9.67 Å². The first kappa shape index (κ1) is 13.8. The lowest BCUT2D eigenvalue weighted by molar-refractivity contribution is 0.135. The molecule has 0 bridgehead atoms. The van der Waals surface area contributed by atoms with E-state index in [2.05, 4.69) is 10.1 Å². The van der Waals surface area contributed by atoms with Crippen molar-refractivity contribution in [2.24, 2.45) is 0 Å². The zero-order valence-corrected chi connectivity index (χ0v) is 13.7. The van der Waals surface area contributed by atoms with Gasteiger partial charge in [0.2, 0.25) is 0 Å². The Labute approximate surface area is 142 Å². The molecule has 6 heteroatoms. The van der Waals surface area contributed by atoms with Crippen LogP contribution in [0.3, 0.4) is 0 Å². The van der Waals surface area contributed by atoms with Gasteiger partial charge in [-0.3, -0.25) is 4.57 Å². The van der Waals surface area contributed by atoms with Crippen molar-refractivity contribution in [3.8, 4) is 5.69 Å². The minimum Gasteiger partial charge on any atom is -0.369 e. The number of rotatable bonds is 1. The first-order valence-electron chi connectivity index (χ1n) is 7.72. The minimum absolute atomic E-state index is 0.777. The molecule has 0 fully saturated rings. The minimum atomic E-state index is -0.777. The standard InChI is InChI=1S/C18H14N4OS/c1-11-15-16(23)21-14-10-6-5-9-13(14)19-18(21)24-17(15)22(20-11)12-7-3-2-4-8-12/h2-10,16,23H,1H3/t16-/m1/s1. The van der Waals surface area contributed by atoms with Crippen molar-refractivity contribution in [3.63, 3.8) is 0 Å². The maximum atomic E-state index is 11.0. The Morgan fingerprint density at radius 2 is 1.79 bits per heavy atom. The van der Waals surface area contributed by atoms with Gasteiger partial charge in [0, 0.05) is 0 Å². The van der Waals surface area contributed by atoms with Gasteiger partial charge in [-0.05, 0) is 43.0 Å². The van der Waals surface area contributed by atoms with Gasteiger partial charge >= 0.3 is 0 Å². The molecule has 0 amide bonds. The molecule has 0 radical (unpaired) electrons. The van der Waals surface area contributed by atoms with Crippen molar-refractivity contribution >= 4 is 22.8 Å². The Bertz CT molecular complexity index is 1070. The highest BCUT2D eigenvalue weighted by Crippen LogP contribution is 2.44. The Morgan fingerprint density at radius 3 is 2.62 bits per heavy atom. The second kappa shape index (κ2) is 4.96. The number of para-hydroxylation sites is 3. The van der Waals surface area contributed by atoms with Crippen LogP contribution in [-0.2, 0) is 0 Å². The van der Waals surface area contributed by atoms with Crippen molar-refractivity contribution in [3.05, 3.63) is 65.9 Å². The van der Waals surface area contributed by atoms with Gasteiger partial charge < -0.3 is 5.11 Å². The summed E-state index contributed by atoms with van der Waals surface area (Å²) in [6, 6.07) is 17.8. The summed E-state index contributed by atoms with van der Waals surface area (Å²) < 4.78 is 3.77. The Kier molecular flexibility index (Phi) is 2.86. The molecular formula is C18H14N4OS. The molecule has 4 aromatic rings. The summed E-state index contributed by atoms with van der Waals surface area (Å²) >= 11 is 1.55. The molecule has 0 saturated heterocycles. The van der Waals surface area contributed by atoms with Crippen LogP contribution in [0.4, 0.5) is 0 Å². The SMILES string of the molecule is Cc1nn(-c2ccccc2)c2c1[C@@H](O)n1c(nc3ccccc31)S2. The van der Waals surface area contributed by atoms with Crippen molar-refractivity contribution in [1.29, 1.82) is 0 Å². The Morgan fingerprint density at radius 1 is 1.04 bits per heavy atom. The second-order valence-electron chi connectivity index (χ2n) is 5.78. The average Bonchev–Trinajstić information content (AvgIpc) is 3.14. The van der Waals surface area contributed by atoms with Crippen LogP contribution in [0.2, 0.25) is 0 Å². The lowest BCUT2D eigenvalue weighted by atomic mass is 10.2. The fourth-order valence-corrected chi connectivity index (χ4v) is 4.41. The highest BCUT2D eigenvalue weighted by atomic mass is 32.2. The predicted molar refractivity (Wildman–Crippen MR) is 92.5 cm³/mol. The van der Waals surface area contributed by atoms with Gasteiger partial charge in [-0.15, -0.1) is 0 Å². The summed E-state index contributed by atoms with van der Waals surface area (Å²) in [6.07, 6.45) is -0.777. The molecule has 1 atom stereocenters. The maximum absolute atomic E-state index is 11.0. The van der Waals surface area contributed by atoms with Crippen LogP contribution in [0.15, 0.2) is 64.8 Å². The van der Waals surface area contributed by atoms with E-state index in [9.17, 15) is 5.11 Å². The summed E-state index contributed by atoms with van der Waals surface area (Å²) in [5.41, 5.74) is 4.48. The summed E-state index contributed by atoms with van der Waals surface area (Å²) in [6.45, 7) is 1.94. The molecule has 3 heterocycles. The largest absolute Gasteiger partial charge is 0.369 e. The van der Waals surface area contributed by atoms with Gasteiger partial charge in [0.15, 0.2) is 11.4 Å². The molecule has 1 aliphatic rings. The monoisotopic (exact) mass is 334 g/mol. The van der Waals surface area contributed by atoms with E-state index in [1.54, 1.807) is 11.8 Å². The molecule has 5 rings (SSSR count). The number of aromatic nitrogens is 4. The van der Waals surface area contributed by atoms with Gasteiger partial charge in [0.05, 0.1) is 28.0 Å². The molecular weight excluding hydrogens is 320 g/mol. The normalized spacial score (nSPS) is 16.2. The van der Waals surface area contributed by atoms with Gasteiger partial charge in [-0.1, -0.05) is 30.3 Å². The molecule has 2 aromatic heterocycles. The summed E-state index contributed by atoms with van der Waals surface area (Å²) in [4.78, 5) is 4.67. The van der Waals surface area contributed by atoms with Gasteiger partial charge in [0.1, 0.15) is 5.03 Å². The summed E-state index contributed by atoms with van der Waals surface area (Å²) in [5, 5.41) is 17.4. The third-order valence-corrected chi connectivity index (χ3v) is 5.37. The van der Waals surface area contributed by atoms with Crippen LogP contribution in [0, 0.1) is 6.92 Å². The number of aliphatic hydroxyl groups excluding tert-OH is 1. The number of aryl methyl sites for hydroxylation is 1. The average molecular weight is 334 g/mol. The van der Waals surface area contributed by atoms with E-state index in [4.69, 9.17) is 0 Å². The van der Waals surface area contributed by atoms with Crippen LogP contribution in [0.5, 0.6) is 0 Å². The molecule has 2 aromatic carbocycles. The molecule has 0 aliphatic carbocycles. The molecule has 24 heavy (non-hydrogen) atoms. The third-order valence-electron chi connectivity index (χ3n) is 4.32. The molecule has 5 nitrogen and oxygen atoms in total. The zero-order chi connectivity index (χ0) is 16.3. The van der Waals surface area contributed by atoms with Crippen LogP contribution in [-0.4, -0.2) is 24.4 Å². The van der Waals surface area contributed by atoms with Crippen molar-refractivity contribution in [2.75, 3.05) is 0 Å². The number of aliphatic hydroxyl groups is 1. The zero-order valence-electron chi connectivity index (χ0n) is 12.9. The van der Waals surface area contributed by atoms with Crippen molar-refractivity contribution in [2.45, 2.75) is 23.3 Å². The second-order valence-corrected chi connectivity index (χ2v) is 6.74. The first-order chi connectivity index (χ1) is 11.7. The van der Waals surface area contributed by atoms with Crippen LogP contribution in [0.1, 0.15) is 17.5 Å². The predicted octanol–water partition coefficient (Wildman–Crippen LogP) is 3.53. The lowest BCUT2D eigenvalue weighted by Gasteiger charge is -2.22. The Hall–Kier alpha value is -2.57. The number of nitrogens with zero attached hydrogens (tertiary/aromatic N) is 4. The quantitative estimate of drug-likeness (QED) is 0.578. The highest BCUT2D eigenvalue weighted by molar-refractivity contribution is 7.99. The van der Waals surface area contributed by atoms with Gasteiger partial charge in [0.25, 0.3) is 0 Å². The first-order valence-corrected chi connectivity index (χ1v) is 8.53. The van der Waals surface area contributed by atoms with E-state index < -0.39 is 6.23 Å². The van der Waals surface area contributed by atoms with Crippen molar-refractivity contribution in [1.82, 2.24) is 19.3 Å². The van der Waals surface area contributed by atoms with E-state index in [1.807, 2.05) is 70.8 Å². The lowest BCUT2D eigenvalue weighted by Crippen LogP contribution is -2.16. The maximum Gasteiger partial charge on any atom is 0.177 e. The van der Waals surface area contributed by atoms with E-state index in [1.165, 1.54) is 0 Å². The topological polar surface area (TPSA) is 55.9 Å². The number of fused-ring (bicyclic) bond motifs is 4. The van der Waals surface area contributed by atoms with Crippen LogP contribution >= 0.6 is 11.8 Å². The molecule has 1 N–H and O–H groups in total.